The van der Waals surface area contributed by atoms with Gasteiger partial charge in [-0.3, -0.25) is 14.9 Å². The van der Waals surface area contributed by atoms with Gasteiger partial charge in [0.2, 0.25) is 0 Å². The number of nitro benzene ring substituents is 1. The summed E-state index contributed by atoms with van der Waals surface area (Å²) in [6, 6.07) is 5.25. The standard InChI is InChI=1S/C8H5Cl2NO3/c9-8(10)7(12)5-2-1-3-6(4-5)11(13)14/h1-4,8H. The number of nitrogens with zero attached hydrogens (tertiary/aromatic N) is 1. The lowest BCUT2D eigenvalue weighted by atomic mass is 10.1. The second kappa shape index (κ2) is 4.39. The number of hydrogen-bond acceptors (Lipinski definition) is 3. The van der Waals surface area contributed by atoms with Crippen LogP contribution in [-0.2, 0) is 0 Å². The molecule has 0 aliphatic heterocycles. The van der Waals surface area contributed by atoms with E-state index in [1.54, 1.807) is 0 Å². The van der Waals surface area contributed by atoms with Crippen LogP contribution < -0.4 is 0 Å². The third-order valence-electron chi connectivity index (χ3n) is 1.54. The number of rotatable bonds is 3. The van der Waals surface area contributed by atoms with Gasteiger partial charge in [0.05, 0.1) is 4.92 Å². The highest BCUT2D eigenvalue weighted by Gasteiger charge is 2.16. The summed E-state index contributed by atoms with van der Waals surface area (Å²) in [6.07, 6.45) is 0. The van der Waals surface area contributed by atoms with Gasteiger partial charge in [-0.2, -0.15) is 0 Å². The van der Waals surface area contributed by atoms with Crippen LogP contribution in [0.2, 0.25) is 0 Å². The van der Waals surface area contributed by atoms with Crippen molar-refractivity contribution in [1.82, 2.24) is 0 Å². The Morgan fingerprint density at radius 2 is 2.07 bits per heavy atom. The molecule has 0 aromatic heterocycles. The Hall–Kier alpha value is -1.13. The normalized spacial score (nSPS) is 10.2. The number of non-ortho nitro benzene ring substituents is 1. The fraction of sp³-hybridized carbons (Fsp3) is 0.125. The Labute approximate surface area is 89.6 Å². The first-order valence-electron chi connectivity index (χ1n) is 3.59. The summed E-state index contributed by atoms with van der Waals surface area (Å²) in [5, 5.41) is 10.4. The van der Waals surface area contributed by atoms with Gasteiger partial charge in [0.15, 0.2) is 10.6 Å². The quantitative estimate of drug-likeness (QED) is 0.349. The van der Waals surface area contributed by atoms with Gasteiger partial charge in [0.25, 0.3) is 5.69 Å². The van der Waals surface area contributed by atoms with E-state index in [1.165, 1.54) is 18.2 Å². The predicted molar refractivity (Wildman–Crippen MR) is 52.9 cm³/mol. The van der Waals surface area contributed by atoms with E-state index < -0.39 is 15.5 Å². The zero-order valence-electron chi connectivity index (χ0n) is 6.81. The number of halogens is 2. The molecule has 74 valence electrons. The number of Topliss-reactive ketones (excluding diaryl/α,β-unsaturated/α-hetero) is 1. The van der Waals surface area contributed by atoms with Crippen molar-refractivity contribution in [2.24, 2.45) is 0 Å². The Kier molecular flexibility index (Phi) is 3.43. The maximum Gasteiger partial charge on any atom is 0.270 e. The molecule has 0 N–H and O–H groups in total. The summed E-state index contributed by atoms with van der Waals surface area (Å²) < 4.78 is 0. The van der Waals surface area contributed by atoms with Crippen LogP contribution in [0.25, 0.3) is 0 Å². The number of nitro groups is 1. The van der Waals surface area contributed by atoms with E-state index >= 15 is 0 Å². The highest BCUT2D eigenvalue weighted by Crippen LogP contribution is 2.17. The van der Waals surface area contributed by atoms with Gasteiger partial charge in [0.1, 0.15) is 0 Å². The lowest BCUT2D eigenvalue weighted by molar-refractivity contribution is -0.384. The molecule has 0 atom stereocenters. The minimum atomic E-state index is -1.20. The minimum absolute atomic E-state index is 0.134. The molecule has 0 fully saturated rings. The van der Waals surface area contributed by atoms with Crippen LogP contribution >= 0.6 is 23.2 Å². The first kappa shape index (κ1) is 10.9. The number of benzene rings is 1. The fourth-order valence-corrected chi connectivity index (χ4v) is 1.15. The van der Waals surface area contributed by atoms with Gasteiger partial charge in [-0.25, -0.2) is 0 Å². The topological polar surface area (TPSA) is 60.2 Å². The molecule has 0 aliphatic carbocycles. The third kappa shape index (κ3) is 2.43. The summed E-state index contributed by atoms with van der Waals surface area (Å²) in [5.41, 5.74) is -0.0287. The van der Waals surface area contributed by atoms with E-state index in [0.717, 1.165) is 6.07 Å². The second-order valence-electron chi connectivity index (χ2n) is 2.47. The van der Waals surface area contributed by atoms with Gasteiger partial charge < -0.3 is 0 Å². The van der Waals surface area contributed by atoms with Crippen molar-refractivity contribution >= 4 is 34.7 Å². The van der Waals surface area contributed by atoms with Gasteiger partial charge in [-0.05, 0) is 0 Å². The molecule has 0 radical (unpaired) electrons. The molecule has 1 aromatic carbocycles. The van der Waals surface area contributed by atoms with E-state index in [2.05, 4.69) is 0 Å². The molecule has 0 spiro atoms. The number of carbonyl (C=O) groups is 1. The Morgan fingerprint density at radius 3 is 2.57 bits per heavy atom. The van der Waals surface area contributed by atoms with Crippen molar-refractivity contribution in [3.05, 3.63) is 39.9 Å². The van der Waals surface area contributed by atoms with Crippen molar-refractivity contribution in [1.29, 1.82) is 0 Å². The van der Waals surface area contributed by atoms with Crippen LogP contribution in [-0.4, -0.2) is 15.5 Å². The molecule has 14 heavy (non-hydrogen) atoms. The van der Waals surface area contributed by atoms with Gasteiger partial charge in [-0.15, -0.1) is 0 Å². The van der Waals surface area contributed by atoms with Crippen LogP contribution in [0.1, 0.15) is 10.4 Å². The molecule has 1 rings (SSSR count). The molecule has 0 bridgehead atoms. The minimum Gasteiger partial charge on any atom is -0.291 e. The first-order valence-corrected chi connectivity index (χ1v) is 4.46. The summed E-state index contributed by atoms with van der Waals surface area (Å²) in [4.78, 5) is 19.8. The first-order chi connectivity index (χ1) is 6.52. The second-order valence-corrected chi connectivity index (χ2v) is 3.57. The van der Waals surface area contributed by atoms with Gasteiger partial charge in [0, 0.05) is 17.7 Å². The molecule has 0 saturated carbocycles. The fourth-order valence-electron chi connectivity index (χ4n) is 0.899. The summed E-state index contributed by atoms with van der Waals surface area (Å²) in [5.74, 6) is -0.544. The molecular weight excluding hydrogens is 229 g/mol. The van der Waals surface area contributed by atoms with E-state index in [-0.39, 0.29) is 11.3 Å². The lowest BCUT2D eigenvalue weighted by Crippen LogP contribution is -2.08. The van der Waals surface area contributed by atoms with Crippen molar-refractivity contribution in [3.63, 3.8) is 0 Å². The number of carbonyl (C=O) groups excluding carboxylic acids is 1. The molecule has 1 aromatic rings. The summed E-state index contributed by atoms with van der Waals surface area (Å²) >= 11 is 10.7. The average Bonchev–Trinajstić information content (AvgIpc) is 2.16. The molecule has 0 unspecified atom stereocenters. The highest BCUT2D eigenvalue weighted by molar-refractivity contribution is 6.55. The molecule has 0 aliphatic rings. The Morgan fingerprint density at radius 1 is 1.43 bits per heavy atom. The van der Waals surface area contributed by atoms with Crippen LogP contribution in [0.5, 0.6) is 0 Å². The largest absolute Gasteiger partial charge is 0.291 e. The van der Waals surface area contributed by atoms with E-state index in [0.29, 0.717) is 0 Å². The number of hydrogen-bond donors (Lipinski definition) is 0. The molecule has 6 heteroatoms. The molecule has 4 nitrogen and oxygen atoms in total. The van der Waals surface area contributed by atoms with Crippen LogP contribution in [0.3, 0.4) is 0 Å². The number of ketones is 1. The van der Waals surface area contributed by atoms with E-state index in [1.807, 2.05) is 0 Å². The lowest BCUT2D eigenvalue weighted by Gasteiger charge is -1.99. The molecular formula is C8H5Cl2NO3. The smallest absolute Gasteiger partial charge is 0.270 e. The van der Waals surface area contributed by atoms with E-state index in [4.69, 9.17) is 23.2 Å². The Bertz CT molecular complexity index is 379. The molecule has 0 amide bonds. The SMILES string of the molecule is O=C(c1cccc([N+](=O)[O-])c1)C(Cl)Cl. The van der Waals surface area contributed by atoms with E-state index in [9.17, 15) is 14.9 Å². The molecule has 0 saturated heterocycles. The average molecular weight is 234 g/mol. The zero-order valence-corrected chi connectivity index (χ0v) is 8.33. The maximum atomic E-state index is 11.2. The van der Waals surface area contributed by atoms with Crippen molar-refractivity contribution in [3.8, 4) is 0 Å². The third-order valence-corrected chi connectivity index (χ3v) is 1.94. The van der Waals surface area contributed by atoms with Crippen molar-refractivity contribution < 1.29 is 9.72 Å². The maximum absolute atomic E-state index is 11.2. The zero-order chi connectivity index (χ0) is 10.7. The predicted octanol–water partition coefficient (Wildman–Crippen LogP) is 2.58. The van der Waals surface area contributed by atoms with Crippen LogP contribution in [0.4, 0.5) is 5.69 Å². The molecule has 0 heterocycles. The summed E-state index contributed by atoms with van der Waals surface area (Å²) in [7, 11) is 0. The Balaban J connectivity index is 3.06. The van der Waals surface area contributed by atoms with Crippen molar-refractivity contribution in [2.75, 3.05) is 0 Å². The van der Waals surface area contributed by atoms with Gasteiger partial charge in [-0.1, -0.05) is 35.3 Å². The monoisotopic (exact) mass is 233 g/mol. The highest BCUT2D eigenvalue weighted by atomic mass is 35.5. The van der Waals surface area contributed by atoms with Crippen LogP contribution in [0, 0.1) is 10.1 Å². The van der Waals surface area contributed by atoms with Gasteiger partial charge >= 0.3 is 0 Å². The van der Waals surface area contributed by atoms with Crippen LogP contribution in [0.15, 0.2) is 24.3 Å². The summed E-state index contributed by atoms with van der Waals surface area (Å²) in [6.45, 7) is 0. The van der Waals surface area contributed by atoms with Crippen molar-refractivity contribution in [2.45, 2.75) is 4.84 Å². The number of alkyl halides is 2.